The topological polar surface area (TPSA) is 79.2 Å². The average molecular weight is 516 g/mol. The van der Waals surface area contributed by atoms with E-state index in [9.17, 15) is 18.0 Å². The van der Waals surface area contributed by atoms with Gasteiger partial charge < -0.3 is 19.7 Å². The third-order valence-electron chi connectivity index (χ3n) is 7.13. The van der Waals surface area contributed by atoms with Gasteiger partial charge in [0.05, 0.1) is 24.4 Å². The molecule has 5 rings (SSSR count). The van der Waals surface area contributed by atoms with Gasteiger partial charge >= 0.3 is 6.18 Å². The van der Waals surface area contributed by atoms with Gasteiger partial charge in [0.1, 0.15) is 0 Å². The van der Waals surface area contributed by atoms with Crippen molar-refractivity contribution in [3.63, 3.8) is 0 Å². The van der Waals surface area contributed by atoms with Crippen LogP contribution in [-0.4, -0.2) is 62.5 Å². The lowest BCUT2D eigenvalue weighted by Gasteiger charge is -2.34. The predicted octanol–water partition coefficient (Wildman–Crippen LogP) is 4.55. The Morgan fingerprint density at radius 3 is 2.49 bits per heavy atom. The number of hydrogen-bond donors (Lipinski definition) is 1. The van der Waals surface area contributed by atoms with Gasteiger partial charge in [-0.15, -0.1) is 0 Å². The summed E-state index contributed by atoms with van der Waals surface area (Å²) < 4.78 is 40.8. The van der Waals surface area contributed by atoms with Crippen LogP contribution in [0.25, 0.3) is 11.2 Å². The van der Waals surface area contributed by atoms with E-state index in [0.717, 1.165) is 44.4 Å². The number of halogens is 3. The molecule has 2 aromatic heterocycles. The van der Waals surface area contributed by atoms with Crippen LogP contribution in [0.15, 0.2) is 30.6 Å². The molecule has 0 spiro atoms. The van der Waals surface area contributed by atoms with Gasteiger partial charge in [0.25, 0.3) is 0 Å². The monoisotopic (exact) mass is 515 g/mol. The van der Waals surface area contributed by atoms with Crippen LogP contribution in [0.1, 0.15) is 50.7 Å². The smallest absolute Gasteiger partial charge is 0.365 e. The number of fused-ring (bicyclic) bond motifs is 1. The van der Waals surface area contributed by atoms with Crippen LogP contribution in [0.3, 0.4) is 0 Å². The van der Waals surface area contributed by atoms with Gasteiger partial charge in [-0.3, -0.25) is 4.79 Å². The van der Waals surface area contributed by atoms with E-state index in [1.54, 1.807) is 6.33 Å². The van der Waals surface area contributed by atoms with E-state index < -0.39 is 11.7 Å². The third-order valence-corrected chi connectivity index (χ3v) is 7.13. The summed E-state index contributed by atoms with van der Waals surface area (Å²) in [5.41, 5.74) is 1.29. The number of aromatic nitrogens is 4. The molecule has 1 saturated carbocycles. The lowest BCUT2D eigenvalue weighted by atomic mass is 9.96. The van der Waals surface area contributed by atoms with Crippen molar-refractivity contribution in [3.8, 4) is 0 Å². The number of carbonyl (C=O) groups is 1. The molecule has 8 nitrogen and oxygen atoms in total. The number of alkyl halides is 3. The molecule has 1 unspecified atom stereocenters. The Morgan fingerprint density at radius 1 is 1.11 bits per heavy atom. The van der Waals surface area contributed by atoms with Gasteiger partial charge in [-0.05, 0) is 57.2 Å². The number of nitrogens with zero attached hydrogens (tertiary/aromatic N) is 6. The van der Waals surface area contributed by atoms with Crippen molar-refractivity contribution in [2.24, 2.45) is 5.92 Å². The van der Waals surface area contributed by atoms with Crippen LogP contribution in [-0.2, 0) is 17.5 Å². The van der Waals surface area contributed by atoms with Gasteiger partial charge in [0.15, 0.2) is 17.0 Å². The fraction of sp³-hybridized carbons (Fsp3) is 0.538. The molecule has 3 heterocycles. The van der Waals surface area contributed by atoms with Crippen molar-refractivity contribution in [1.29, 1.82) is 0 Å². The van der Waals surface area contributed by atoms with Crippen molar-refractivity contribution in [1.82, 2.24) is 24.4 Å². The Bertz CT molecular complexity index is 1250. The van der Waals surface area contributed by atoms with Crippen LogP contribution < -0.4 is 10.2 Å². The van der Waals surface area contributed by atoms with E-state index in [0.29, 0.717) is 60.7 Å². The maximum absolute atomic E-state index is 13.0. The summed E-state index contributed by atoms with van der Waals surface area (Å²) in [6.07, 6.45) is 1.13. The number of amides is 1. The van der Waals surface area contributed by atoms with Crippen LogP contribution in [0.4, 0.5) is 24.9 Å². The zero-order chi connectivity index (χ0) is 26.2. The van der Waals surface area contributed by atoms with Crippen molar-refractivity contribution < 1.29 is 18.0 Å². The highest BCUT2D eigenvalue weighted by atomic mass is 19.4. The Hall–Kier alpha value is -3.37. The number of anilines is 2. The van der Waals surface area contributed by atoms with Gasteiger partial charge in [-0.25, -0.2) is 4.98 Å². The second kappa shape index (κ2) is 10.2. The zero-order valence-corrected chi connectivity index (χ0v) is 21.1. The third kappa shape index (κ3) is 5.50. The summed E-state index contributed by atoms with van der Waals surface area (Å²) in [6.45, 7) is 7.00. The quantitative estimate of drug-likeness (QED) is 0.474. The fourth-order valence-corrected chi connectivity index (χ4v) is 4.86. The molecule has 1 saturated heterocycles. The minimum absolute atomic E-state index is 0.107. The first-order valence-electron chi connectivity index (χ1n) is 13.0. The number of benzene rings is 1. The summed E-state index contributed by atoms with van der Waals surface area (Å²) in [5.74, 6) is 1.26. The number of rotatable bonds is 8. The molecule has 2 aliphatic rings. The highest BCUT2D eigenvalue weighted by Gasteiger charge is 2.32. The SMILES string of the molecule is CCN(CC)C(=O)C1CCCN(c2nc(NC3CC3)c3ncn(Cc4ccc(C(F)(F)F)cc4)c3n2)C1. The highest BCUT2D eigenvalue weighted by molar-refractivity contribution is 5.85. The minimum atomic E-state index is -4.37. The molecule has 1 N–H and O–H groups in total. The summed E-state index contributed by atoms with van der Waals surface area (Å²) in [7, 11) is 0. The Labute approximate surface area is 213 Å². The average Bonchev–Trinajstić information content (AvgIpc) is 3.62. The Balaban J connectivity index is 1.44. The summed E-state index contributed by atoms with van der Waals surface area (Å²) in [5, 5.41) is 3.46. The van der Waals surface area contributed by atoms with E-state index in [2.05, 4.69) is 15.2 Å². The molecule has 0 radical (unpaired) electrons. The highest BCUT2D eigenvalue weighted by Crippen LogP contribution is 2.32. The van der Waals surface area contributed by atoms with Crippen molar-refractivity contribution in [3.05, 3.63) is 41.7 Å². The zero-order valence-electron chi connectivity index (χ0n) is 21.1. The van der Waals surface area contributed by atoms with E-state index in [1.807, 2.05) is 23.3 Å². The Kier molecular flexibility index (Phi) is 6.96. The van der Waals surface area contributed by atoms with Crippen LogP contribution in [0.2, 0.25) is 0 Å². The molecular weight excluding hydrogens is 483 g/mol. The standard InChI is InChI=1S/C26H32F3N7O/c1-3-34(4-2)24(37)18-6-5-13-35(15-18)25-32-22(31-20-11-12-20)21-23(33-25)36(16-30-21)14-17-7-9-19(10-8-17)26(27,28)29/h7-10,16,18,20H,3-6,11-15H2,1-2H3,(H,31,32,33). The first-order chi connectivity index (χ1) is 17.8. The summed E-state index contributed by atoms with van der Waals surface area (Å²) in [6, 6.07) is 5.50. The number of piperidine rings is 1. The number of nitrogens with one attached hydrogen (secondary N) is 1. The molecule has 1 aliphatic heterocycles. The number of carbonyl (C=O) groups excluding carboxylic acids is 1. The lowest BCUT2D eigenvalue weighted by molar-refractivity contribution is -0.137. The molecule has 3 aromatic rings. The first kappa shape index (κ1) is 25.3. The maximum Gasteiger partial charge on any atom is 0.416 e. The Morgan fingerprint density at radius 2 is 1.84 bits per heavy atom. The summed E-state index contributed by atoms with van der Waals surface area (Å²) >= 11 is 0. The minimum Gasteiger partial charge on any atom is -0.365 e. The van der Waals surface area contributed by atoms with E-state index in [-0.39, 0.29) is 11.8 Å². The first-order valence-corrected chi connectivity index (χ1v) is 13.0. The number of hydrogen-bond acceptors (Lipinski definition) is 6. The lowest BCUT2D eigenvalue weighted by Crippen LogP contribution is -2.45. The van der Waals surface area contributed by atoms with Crippen molar-refractivity contribution >= 4 is 28.8 Å². The normalized spacial score (nSPS) is 18.3. The van der Waals surface area contributed by atoms with Gasteiger partial charge in [0.2, 0.25) is 11.9 Å². The molecule has 0 bridgehead atoms. The molecular formula is C26H32F3N7O. The number of imidazole rings is 1. The second-order valence-electron chi connectivity index (χ2n) is 9.83. The van der Waals surface area contributed by atoms with Gasteiger partial charge in [0, 0.05) is 32.2 Å². The molecule has 11 heteroatoms. The molecule has 2 fully saturated rings. The molecule has 198 valence electrons. The largest absolute Gasteiger partial charge is 0.416 e. The van der Waals surface area contributed by atoms with E-state index in [4.69, 9.17) is 9.97 Å². The van der Waals surface area contributed by atoms with Crippen molar-refractivity contribution in [2.75, 3.05) is 36.4 Å². The molecule has 1 amide bonds. The second-order valence-corrected chi connectivity index (χ2v) is 9.83. The molecule has 1 aliphatic carbocycles. The molecule has 1 aromatic carbocycles. The van der Waals surface area contributed by atoms with Gasteiger partial charge in [-0.1, -0.05) is 12.1 Å². The van der Waals surface area contributed by atoms with Crippen LogP contribution >= 0.6 is 0 Å². The van der Waals surface area contributed by atoms with Crippen LogP contribution in [0.5, 0.6) is 0 Å². The maximum atomic E-state index is 13.0. The molecule has 37 heavy (non-hydrogen) atoms. The van der Waals surface area contributed by atoms with E-state index >= 15 is 0 Å². The van der Waals surface area contributed by atoms with Crippen molar-refractivity contribution in [2.45, 2.75) is 58.3 Å². The van der Waals surface area contributed by atoms with Gasteiger partial charge in [-0.2, -0.15) is 23.1 Å². The summed E-state index contributed by atoms with van der Waals surface area (Å²) in [4.78, 5) is 31.2. The van der Waals surface area contributed by atoms with E-state index in [1.165, 1.54) is 12.1 Å². The van der Waals surface area contributed by atoms with Crippen LogP contribution in [0, 0.1) is 5.92 Å². The fourth-order valence-electron chi connectivity index (χ4n) is 4.86. The predicted molar refractivity (Wildman–Crippen MR) is 135 cm³/mol. The molecule has 1 atom stereocenters.